The molecule has 0 radical (unpaired) electrons. The Morgan fingerprint density at radius 1 is 1.45 bits per heavy atom. The Morgan fingerprint density at radius 2 is 2.00 bits per heavy atom. The maximum Gasteiger partial charge on any atom is 3.00 e. The topological polar surface area (TPSA) is 26.3 Å². The molecule has 0 aromatic rings. The van der Waals surface area contributed by atoms with E-state index in [-0.39, 0.29) is 38.7 Å². The van der Waals surface area contributed by atoms with Crippen LogP contribution >= 0.6 is 0 Å². The van der Waals surface area contributed by atoms with Crippen LogP contribution in [0.15, 0.2) is 0 Å². The van der Waals surface area contributed by atoms with Crippen LogP contribution in [0.5, 0.6) is 0 Å². The van der Waals surface area contributed by atoms with Crippen molar-refractivity contribution in [3.05, 3.63) is 5.92 Å². The van der Waals surface area contributed by atoms with Gasteiger partial charge in [-0.3, -0.25) is 10.7 Å². The summed E-state index contributed by atoms with van der Waals surface area (Å²) < 4.78 is 4.87. The zero-order chi connectivity index (χ0) is 7.98. The third kappa shape index (κ3) is 6.83. The average Bonchev–Trinajstić information content (AvgIpc) is 1.98. The summed E-state index contributed by atoms with van der Waals surface area (Å²) in [4.78, 5) is 10.9. The smallest absolute Gasteiger partial charge is 0.488 e. The van der Waals surface area contributed by atoms with E-state index in [1.807, 2.05) is 13.8 Å². The zero-order valence-electron chi connectivity index (χ0n) is 7.52. The first-order chi connectivity index (χ1) is 4.72. The molecule has 0 fully saturated rings. The van der Waals surface area contributed by atoms with Gasteiger partial charge in [0, 0.05) is 0 Å². The molecule has 2 nitrogen and oxygen atoms in total. The Hall–Kier alpha value is 0.444. The molecule has 0 aliphatic heterocycles. The van der Waals surface area contributed by atoms with Crippen molar-refractivity contribution < 1.29 is 42.2 Å². The molecule has 0 N–H and O–H groups in total. The van der Waals surface area contributed by atoms with Crippen LogP contribution in [0.3, 0.4) is 0 Å². The van der Waals surface area contributed by atoms with Gasteiger partial charge in [0.1, 0.15) is 0 Å². The van der Waals surface area contributed by atoms with Gasteiger partial charge in [-0.2, -0.15) is 13.3 Å². The van der Waals surface area contributed by atoms with Crippen LogP contribution in [-0.2, 0) is 42.2 Å². The first-order valence-corrected chi connectivity index (χ1v) is 3.71. The minimum Gasteiger partial charge on any atom is -0.488 e. The summed E-state index contributed by atoms with van der Waals surface area (Å²) >= 11 is 0. The van der Waals surface area contributed by atoms with Gasteiger partial charge in [0.2, 0.25) is 0 Å². The average molecular weight is 232 g/mol. The van der Waals surface area contributed by atoms with Crippen molar-refractivity contribution in [2.45, 2.75) is 33.6 Å². The van der Waals surface area contributed by atoms with Gasteiger partial charge in [-0.1, -0.05) is 13.8 Å². The fraction of sp³-hybridized carbons (Fsp3) is 0.750. The third-order valence-electron chi connectivity index (χ3n) is 1.32. The first-order valence-electron chi connectivity index (χ1n) is 3.71. The van der Waals surface area contributed by atoms with Crippen molar-refractivity contribution in [1.82, 2.24) is 0 Å². The van der Waals surface area contributed by atoms with Crippen LogP contribution in [0.4, 0.5) is 0 Å². The maximum atomic E-state index is 10.9. The number of rotatable bonds is 4. The van der Waals surface area contributed by atoms with E-state index >= 15 is 0 Å². The summed E-state index contributed by atoms with van der Waals surface area (Å²) in [5, 5.41) is 0. The van der Waals surface area contributed by atoms with Crippen molar-refractivity contribution in [2.75, 3.05) is 6.61 Å². The van der Waals surface area contributed by atoms with E-state index < -0.39 is 0 Å². The second-order valence-corrected chi connectivity index (χ2v) is 2.27. The van der Waals surface area contributed by atoms with Crippen LogP contribution in [0.1, 0.15) is 33.6 Å². The van der Waals surface area contributed by atoms with Gasteiger partial charge in [0.15, 0.2) is 5.97 Å². The summed E-state index contributed by atoms with van der Waals surface area (Å²) in [7, 11) is 0. The van der Waals surface area contributed by atoms with Crippen molar-refractivity contribution in [1.29, 1.82) is 0 Å². The Morgan fingerprint density at radius 3 is 2.36 bits per heavy atom. The molecule has 0 aliphatic carbocycles. The van der Waals surface area contributed by atoms with E-state index in [9.17, 15) is 4.79 Å². The predicted molar refractivity (Wildman–Crippen MR) is 40.5 cm³/mol. The number of hydrogen-bond donors (Lipinski definition) is 0. The predicted octanol–water partition coefficient (Wildman–Crippen LogP) is 1.94. The molecule has 0 saturated heterocycles. The molecular formula is C8H15O2Y+2. The fourth-order valence-electron chi connectivity index (χ4n) is 0.462. The molecule has 0 rings (SSSR count). The number of ether oxygens (including phenoxy) is 1. The quantitative estimate of drug-likeness (QED) is 0.547. The van der Waals surface area contributed by atoms with Crippen LogP contribution in [0, 0.1) is 5.92 Å². The molecule has 0 aromatic heterocycles. The largest absolute Gasteiger partial charge is 3.00 e. The molecular weight excluding hydrogens is 217 g/mol. The summed E-state index contributed by atoms with van der Waals surface area (Å²) in [6, 6.07) is 0. The molecule has 0 unspecified atom stereocenters. The number of esters is 1. The van der Waals surface area contributed by atoms with Gasteiger partial charge < -0.3 is 4.74 Å². The Bertz CT molecular complexity index is 104. The van der Waals surface area contributed by atoms with Crippen LogP contribution in [0.2, 0.25) is 0 Å². The summed E-state index contributed by atoms with van der Waals surface area (Å²) in [5.74, 6) is 0.651. The Balaban J connectivity index is 0. The van der Waals surface area contributed by atoms with E-state index in [0.29, 0.717) is 6.61 Å². The van der Waals surface area contributed by atoms with Gasteiger partial charge in [0.25, 0.3) is 0 Å². The standard InChI is InChI=1S/C8H15O2.Y/c1-4-6-10-8(9)7(3)5-2;/h4-6H2,1-3H3;/q-1;+3. The van der Waals surface area contributed by atoms with Crippen molar-refractivity contribution in [3.63, 3.8) is 0 Å². The molecule has 0 amide bonds. The van der Waals surface area contributed by atoms with E-state index in [2.05, 4.69) is 0 Å². The molecule has 0 bridgehead atoms. The number of hydrogen-bond acceptors (Lipinski definition) is 2. The summed E-state index contributed by atoms with van der Waals surface area (Å²) in [6.07, 6.45) is 1.67. The Kier molecular flexibility index (Phi) is 10.9. The van der Waals surface area contributed by atoms with Crippen LogP contribution in [-0.4, -0.2) is 12.6 Å². The van der Waals surface area contributed by atoms with Gasteiger partial charge in [0.05, 0.1) is 6.61 Å². The van der Waals surface area contributed by atoms with Gasteiger partial charge in [-0.15, -0.1) is 0 Å². The molecule has 3 heteroatoms. The van der Waals surface area contributed by atoms with Gasteiger partial charge in [-0.25, -0.2) is 0 Å². The van der Waals surface area contributed by atoms with Gasteiger partial charge in [-0.05, 0) is 6.42 Å². The van der Waals surface area contributed by atoms with E-state index in [1.165, 1.54) is 0 Å². The molecule has 0 saturated carbocycles. The molecule has 11 heavy (non-hydrogen) atoms. The second kappa shape index (κ2) is 8.54. The fourth-order valence-corrected chi connectivity index (χ4v) is 0.462. The molecule has 0 aliphatic rings. The van der Waals surface area contributed by atoms with E-state index in [0.717, 1.165) is 18.8 Å². The monoisotopic (exact) mass is 232 g/mol. The molecule has 0 heterocycles. The van der Waals surface area contributed by atoms with Crippen molar-refractivity contribution >= 4 is 5.97 Å². The molecule has 0 atom stereocenters. The zero-order valence-corrected chi connectivity index (χ0v) is 10.4. The van der Waals surface area contributed by atoms with Crippen LogP contribution in [0.25, 0.3) is 0 Å². The number of carbonyl (C=O) groups is 1. The van der Waals surface area contributed by atoms with Gasteiger partial charge >= 0.3 is 32.7 Å². The normalized spacial score (nSPS) is 8.27. The first kappa shape index (κ1) is 14.0. The third-order valence-corrected chi connectivity index (χ3v) is 1.32. The van der Waals surface area contributed by atoms with E-state index in [4.69, 9.17) is 4.74 Å². The van der Waals surface area contributed by atoms with Crippen molar-refractivity contribution in [2.24, 2.45) is 0 Å². The molecule has 0 aromatic carbocycles. The minimum atomic E-state index is -0.149. The van der Waals surface area contributed by atoms with Crippen molar-refractivity contribution in [3.8, 4) is 0 Å². The van der Waals surface area contributed by atoms with Crippen LogP contribution < -0.4 is 0 Å². The van der Waals surface area contributed by atoms with E-state index in [1.54, 1.807) is 6.92 Å². The Labute approximate surface area is 94.0 Å². The number of carbonyl (C=O) groups excluding carboxylic acids is 1. The molecule has 60 valence electrons. The SMILES string of the molecule is CCCOC(=O)[C-](C)CC.[Y+3]. The summed E-state index contributed by atoms with van der Waals surface area (Å²) in [6.45, 7) is 6.27. The maximum absolute atomic E-state index is 10.9. The minimum absolute atomic E-state index is 0. The second-order valence-electron chi connectivity index (χ2n) is 2.27. The molecule has 0 spiro atoms. The summed E-state index contributed by atoms with van der Waals surface area (Å²) in [5.41, 5.74) is 0.